The molecule has 2 aliphatic rings. The number of fused-ring (bicyclic) bond motifs is 1. The molecule has 2 fully saturated rings. The summed E-state index contributed by atoms with van der Waals surface area (Å²) in [7, 11) is 0. The molecule has 2 unspecified atom stereocenters. The largest absolute Gasteiger partial charge is 0.458 e. The quantitative estimate of drug-likeness (QED) is 0.869. The van der Waals surface area contributed by atoms with E-state index < -0.39 is 0 Å². The summed E-state index contributed by atoms with van der Waals surface area (Å²) in [5.41, 5.74) is 0. The van der Waals surface area contributed by atoms with Crippen LogP contribution in [-0.4, -0.2) is 40.9 Å². The lowest BCUT2D eigenvalue weighted by molar-refractivity contribution is 0.381. The third kappa shape index (κ3) is 1.91. The van der Waals surface area contributed by atoms with Gasteiger partial charge in [-0.1, -0.05) is 0 Å². The lowest BCUT2D eigenvalue weighted by Crippen LogP contribution is -2.45. The van der Waals surface area contributed by atoms with E-state index in [2.05, 4.69) is 25.4 Å². The molecule has 2 atom stereocenters. The Balaban J connectivity index is 1.61. The zero-order valence-electron chi connectivity index (χ0n) is 11.6. The van der Waals surface area contributed by atoms with E-state index in [9.17, 15) is 0 Å². The van der Waals surface area contributed by atoms with Crippen molar-refractivity contribution in [2.45, 2.75) is 25.8 Å². The van der Waals surface area contributed by atoms with Gasteiger partial charge in [0.05, 0.1) is 0 Å². The molecule has 4 rings (SSSR count). The second-order valence-electron chi connectivity index (χ2n) is 5.72. The summed E-state index contributed by atoms with van der Waals surface area (Å²) in [5, 5.41) is 10.9. The van der Waals surface area contributed by atoms with Gasteiger partial charge in [0.2, 0.25) is 5.95 Å². The van der Waals surface area contributed by atoms with Crippen LogP contribution in [0.25, 0.3) is 11.6 Å². The molecule has 2 N–H and O–H groups in total. The maximum absolute atomic E-state index is 5.59. The Bertz CT molecular complexity index is 604. The predicted molar refractivity (Wildman–Crippen MR) is 75.5 cm³/mol. The number of aryl methyl sites for hydroxylation is 1. The zero-order valence-corrected chi connectivity index (χ0v) is 11.6. The maximum Gasteiger partial charge on any atom is 0.245 e. The van der Waals surface area contributed by atoms with Gasteiger partial charge in [0.15, 0.2) is 11.6 Å². The molecule has 2 saturated heterocycles. The highest BCUT2D eigenvalue weighted by atomic mass is 16.3. The number of anilines is 1. The molecule has 0 amide bonds. The predicted octanol–water partition coefficient (Wildman–Crippen LogP) is 1.56. The van der Waals surface area contributed by atoms with E-state index in [0.717, 1.165) is 43.0 Å². The topological polar surface area (TPSA) is 70.0 Å². The van der Waals surface area contributed by atoms with E-state index in [-0.39, 0.29) is 0 Å². The van der Waals surface area contributed by atoms with Crippen molar-refractivity contribution < 1.29 is 4.42 Å². The van der Waals surface area contributed by atoms with Crippen molar-refractivity contribution in [2.75, 3.05) is 24.5 Å². The summed E-state index contributed by atoms with van der Waals surface area (Å²) in [4.78, 5) is 6.95. The van der Waals surface area contributed by atoms with E-state index in [1.165, 1.54) is 12.8 Å². The van der Waals surface area contributed by atoms with Crippen LogP contribution in [0, 0.1) is 12.8 Å². The normalized spacial score (nSPS) is 25.9. The first-order valence-electron chi connectivity index (χ1n) is 7.28. The van der Waals surface area contributed by atoms with Crippen LogP contribution in [0.4, 0.5) is 5.95 Å². The summed E-state index contributed by atoms with van der Waals surface area (Å²) in [6.45, 7) is 5.13. The molecule has 106 valence electrons. The van der Waals surface area contributed by atoms with Gasteiger partial charge in [-0.15, -0.1) is 5.10 Å². The fourth-order valence-electron chi connectivity index (χ4n) is 3.37. The van der Waals surface area contributed by atoms with Gasteiger partial charge < -0.3 is 14.6 Å². The van der Waals surface area contributed by atoms with Crippen LogP contribution in [0.2, 0.25) is 0 Å². The van der Waals surface area contributed by atoms with Gasteiger partial charge in [0, 0.05) is 25.7 Å². The van der Waals surface area contributed by atoms with E-state index in [4.69, 9.17) is 4.42 Å². The molecule has 0 saturated carbocycles. The molecule has 0 spiro atoms. The average molecular weight is 273 g/mol. The lowest BCUT2D eigenvalue weighted by Gasteiger charge is -2.36. The Morgan fingerprint density at radius 3 is 3.15 bits per heavy atom. The first-order chi connectivity index (χ1) is 9.81. The minimum atomic E-state index is 0.533. The van der Waals surface area contributed by atoms with Gasteiger partial charge in [0.25, 0.3) is 0 Å². The van der Waals surface area contributed by atoms with Gasteiger partial charge in [-0.05, 0) is 37.8 Å². The fraction of sp³-hybridized carbons (Fsp3) is 0.571. The molecular formula is C14H19N5O. The van der Waals surface area contributed by atoms with Gasteiger partial charge in [-0.2, -0.15) is 4.98 Å². The maximum atomic E-state index is 5.59. The molecule has 2 aromatic rings. The summed E-state index contributed by atoms with van der Waals surface area (Å²) in [6.07, 6.45) is 2.52. The van der Waals surface area contributed by atoms with Crippen molar-refractivity contribution in [2.24, 2.45) is 5.92 Å². The van der Waals surface area contributed by atoms with Crippen molar-refractivity contribution in [3.63, 3.8) is 0 Å². The van der Waals surface area contributed by atoms with Gasteiger partial charge >= 0.3 is 0 Å². The number of hydrogen-bond donors (Lipinski definition) is 2. The van der Waals surface area contributed by atoms with Crippen molar-refractivity contribution in [3.05, 3.63) is 17.9 Å². The van der Waals surface area contributed by atoms with Crippen LogP contribution in [0.1, 0.15) is 18.6 Å². The van der Waals surface area contributed by atoms with Crippen LogP contribution in [0.3, 0.4) is 0 Å². The molecule has 6 heteroatoms. The molecule has 4 heterocycles. The number of piperidine rings is 1. The minimum absolute atomic E-state index is 0.533. The highest BCUT2D eigenvalue weighted by molar-refractivity contribution is 5.50. The molecule has 2 aromatic heterocycles. The van der Waals surface area contributed by atoms with E-state index >= 15 is 0 Å². The van der Waals surface area contributed by atoms with Crippen molar-refractivity contribution >= 4 is 5.95 Å². The smallest absolute Gasteiger partial charge is 0.245 e. The number of nitrogens with zero attached hydrogens (tertiary/aromatic N) is 3. The Morgan fingerprint density at radius 1 is 1.35 bits per heavy atom. The van der Waals surface area contributed by atoms with Gasteiger partial charge in [-0.25, -0.2) is 0 Å². The second-order valence-corrected chi connectivity index (χ2v) is 5.72. The van der Waals surface area contributed by atoms with E-state index in [0.29, 0.717) is 11.9 Å². The molecule has 0 radical (unpaired) electrons. The molecule has 0 aromatic carbocycles. The SMILES string of the molecule is Cc1ccc(-c2nc(N3CCCC4CNCC43)n[nH]2)o1. The molecule has 6 nitrogen and oxygen atoms in total. The number of H-pyrrole nitrogens is 1. The number of rotatable bonds is 2. The third-order valence-electron chi connectivity index (χ3n) is 4.38. The van der Waals surface area contributed by atoms with Crippen molar-refractivity contribution in [1.29, 1.82) is 0 Å². The van der Waals surface area contributed by atoms with Crippen LogP contribution in [0.15, 0.2) is 16.5 Å². The number of aromatic nitrogens is 3. The highest BCUT2D eigenvalue weighted by Gasteiger charge is 2.36. The van der Waals surface area contributed by atoms with Gasteiger partial charge in [0.1, 0.15) is 5.76 Å². The summed E-state index contributed by atoms with van der Waals surface area (Å²) < 4.78 is 5.59. The highest BCUT2D eigenvalue weighted by Crippen LogP contribution is 2.30. The van der Waals surface area contributed by atoms with Gasteiger partial charge in [-0.3, -0.25) is 5.10 Å². The first-order valence-corrected chi connectivity index (χ1v) is 7.28. The molecule has 2 aliphatic heterocycles. The Morgan fingerprint density at radius 2 is 2.30 bits per heavy atom. The van der Waals surface area contributed by atoms with Crippen LogP contribution < -0.4 is 10.2 Å². The number of nitrogens with one attached hydrogen (secondary N) is 2. The summed E-state index contributed by atoms with van der Waals surface area (Å²) in [5.74, 6) is 3.88. The molecule has 0 aliphatic carbocycles. The first kappa shape index (κ1) is 12.0. The third-order valence-corrected chi connectivity index (χ3v) is 4.38. The molecule has 0 bridgehead atoms. The van der Waals surface area contributed by atoms with E-state index in [1.807, 2.05) is 19.1 Å². The molecule has 20 heavy (non-hydrogen) atoms. The number of aromatic amines is 1. The second kappa shape index (κ2) is 4.63. The van der Waals surface area contributed by atoms with Crippen LogP contribution >= 0.6 is 0 Å². The monoisotopic (exact) mass is 273 g/mol. The van der Waals surface area contributed by atoms with Crippen LogP contribution in [0.5, 0.6) is 0 Å². The average Bonchev–Trinajstić information content (AvgIpc) is 3.17. The summed E-state index contributed by atoms with van der Waals surface area (Å²) >= 11 is 0. The zero-order chi connectivity index (χ0) is 13.5. The standard InChI is InChI=1S/C14H19N5O/c1-9-4-5-12(20-9)13-16-14(18-17-13)19-6-2-3-10-7-15-8-11(10)19/h4-5,10-11,15H,2-3,6-8H2,1H3,(H,16,17,18). The number of hydrogen-bond acceptors (Lipinski definition) is 5. The van der Waals surface area contributed by atoms with Crippen LogP contribution in [-0.2, 0) is 0 Å². The number of furan rings is 1. The Kier molecular flexibility index (Phi) is 2.77. The fourth-order valence-corrected chi connectivity index (χ4v) is 3.37. The van der Waals surface area contributed by atoms with E-state index in [1.54, 1.807) is 0 Å². The summed E-state index contributed by atoms with van der Waals surface area (Å²) in [6, 6.07) is 4.40. The van der Waals surface area contributed by atoms with Crippen molar-refractivity contribution in [3.8, 4) is 11.6 Å². The Labute approximate surface area is 117 Å². The van der Waals surface area contributed by atoms with Crippen molar-refractivity contribution in [1.82, 2.24) is 20.5 Å². The molecular weight excluding hydrogens is 254 g/mol. The Hall–Kier alpha value is -1.82. The lowest BCUT2D eigenvalue weighted by atomic mass is 9.92. The minimum Gasteiger partial charge on any atom is -0.458 e.